The topological polar surface area (TPSA) is 29.5 Å². The highest BCUT2D eigenvalue weighted by molar-refractivity contribution is 5.89. The molecular formula is C20H23F3O2. The molecule has 0 amide bonds. The zero-order valence-electron chi connectivity index (χ0n) is 14.9. The minimum absolute atomic E-state index is 0.714. The van der Waals surface area contributed by atoms with Gasteiger partial charge in [-0.25, -0.2) is 0 Å². The maximum Gasteiger partial charge on any atom is 0.419 e. The largest absolute Gasteiger partial charge is 0.419 e. The average Bonchev–Trinajstić information content (AvgIpc) is 2.51. The molecule has 2 aromatic carbocycles. The van der Waals surface area contributed by atoms with Crippen molar-refractivity contribution < 1.29 is 23.0 Å². The van der Waals surface area contributed by atoms with E-state index in [9.17, 15) is 18.3 Å². The van der Waals surface area contributed by atoms with Gasteiger partial charge in [-0.15, -0.1) is 0 Å². The van der Waals surface area contributed by atoms with Crippen molar-refractivity contribution >= 4 is 16.3 Å². The van der Waals surface area contributed by atoms with Crippen LogP contribution in [0, 0.1) is 0 Å². The van der Waals surface area contributed by atoms with Crippen LogP contribution in [0.2, 0.25) is 0 Å². The summed E-state index contributed by atoms with van der Waals surface area (Å²) in [6.07, 6.45) is -4.76. The lowest BCUT2D eigenvalue weighted by atomic mass is 9.90. The molecule has 136 valence electrons. The quantitative estimate of drug-likeness (QED) is 0.777. The van der Waals surface area contributed by atoms with E-state index in [1.807, 2.05) is 43.3 Å². The first-order valence-electron chi connectivity index (χ1n) is 7.97. The van der Waals surface area contributed by atoms with Crippen LogP contribution in [-0.4, -0.2) is 23.5 Å². The van der Waals surface area contributed by atoms with Gasteiger partial charge in [0.15, 0.2) is 5.60 Å². The van der Waals surface area contributed by atoms with Gasteiger partial charge in [-0.1, -0.05) is 42.5 Å². The molecule has 1 unspecified atom stereocenters. The standard InChI is InChI=1S/C20H23F3O2/c1-13(2)15-10-9-14-7-6-8-17(16(14)11-15)18(3,4)25-12-19(5,24)20(21,22)23/h6-11,24H,1,12H2,2-5H3. The molecule has 0 aliphatic rings. The highest BCUT2D eigenvalue weighted by atomic mass is 19.4. The predicted octanol–water partition coefficient (Wildman–Crippen LogP) is 5.44. The Hall–Kier alpha value is -1.85. The lowest BCUT2D eigenvalue weighted by Gasteiger charge is -2.33. The van der Waals surface area contributed by atoms with Gasteiger partial charge in [-0.3, -0.25) is 0 Å². The SMILES string of the molecule is C=C(C)c1ccc2cccc(C(C)(C)OCC(C)(O)C(F)(F)F)c2c1. The van der Waals surface area contributed by atoms with E-state index in [0.29, 0.717) is 6.92 Å². The second kappa shape index (κ2) is 6.46. The van der Waals surface area contributed by atoms with E-state index < -0.39 is 24.0 Å². The minimum Gasteiger partial charge on any atom is -0.379 e. The van der Waals surface area contributed by atoms with E-state index in [0.717, 1.165) is 27.5 Å². The molecule has 2 aromatic rings. The van der Waals surface area contributed by atoms with Gasteiger partial charge in [0.2, 0.25) is 0 Å². The summed E-state index contributed by atoms with van der Waals surface area (Å²) >= 11 is 0. The summed E-state index contributed by atoms with van der Waals surface area (Å²) in [5.41, 5.74) is -1.31. The van der Waals surface area contributed by atoms with Crippen LogP contribution in [-0.2, 0) is 10.3 Å². The van der Waals surface area contributed by atoms with Crippen molar-refractivity contribution in [2.45, 2.75) is 45.1 Å². The fraction of sp³-hybridized carbons (Fsp3) is 0.400. The Labute approximate surface area is 145 Å². The van der Waals surface area contributed by atoms with Crippen LogP contribution in [0.3, 0.4) is 0 Å². The second-order valence-corrected chi connectivity index (χ2v) is 7.09. The Kier molecular flexibility index (Phi) is 5.04. The number of rotatable bonds is 5. The summed E-state index contributed by atoms with van der Waals surface area (Å²) in [7, 11) is 0. The predicted molar refractivity (Wildman–Crippen MR) is 94.3 cm³/mol. The van der Waals surface area contributed by atoms with E-state index in [1.165, 1.54) is 0 Å². The summed E-state index contributed by atoms with van der Waals surface area (Å²) in [5.74, 6) is 0. The Morgan fingerprint density at radius 2 is 1.76 bits per heavy atom. The van der Waals surface area contributed by atoms with Crippen LogP contribution in [0.5, 0.6) is 0 Å². The molecule has 0 saturated carbocycles. The third kappa shape index (κ3) is 4.05. The number of fused-ring (bicyclic) bond motifs is 1. The van der Waals surface area contributed by atoms with Gasteiger partial charge in [-0.2, -0.15) is 13.2 Å². The van der Waals surface area contributed by atoms with E-state index in [4.69, 9.17) is 4.74 Å². The van der Waals surface area contributed by atoms with Crippen molar-refractivity contribution in [2.75, 3.05) is 6.61 Å². The Bertz CT molecular complexity index is 789. The summed E-state index contributed by atoms with van der Waals surface area (Å²) in [6, 6.07) is 11.5. The Morgan fingerprint density at radius 3 is 2.32 bits per heavy atom. The minimum atomic E-state index is -4.76. The monoisotopic (exact) mass is 352 g/mol. The summed E-state index contributed by atoms with van der Waals surface area (Å²) in [4.78, 5) is 0. The van der Waals surface area contributed by atoms with Gasteiger partial charge < -0.3 is 9.84 Å². The first-order valence-corrected chi connectivity index (χ1v) is 7.97. The van der Waals surface area contributed by atoms with Crippen LogP contribution in [0.25, 0.3) is 16.3 Å². The molecule has 0 radical (unpaired) electrons. The zero-order chi connectivity index (χ0) is 19.0. The molecule has 0 aliphatic carbocycles. The van der Waals surface area contributed by atoms with Crippen molar-refractivity contribution in [3.05, 3.63) is 54.1 Å². The van der Waals surface area contributed by atoms with E-state index >= 15 is 0 Å². The third-order valence-corrected chi connectivity index (χ3v) is 4.35. The number of alkyl halides is 3. The zero-order valence-corrected chi connectivity index (χ0v) is 14.9. The molecule has 2 nitrogen and oxygen atoms in total. The Balaban J connectivity index is 2.42. The Morgan fingerprint density at radius 1 is 1.12 bits per heavy atom. The summed E-state index contributed by atoms with van der Waals surface area (Å²) < 4.78 is 44.1. The molecule has 0 bridgehead atoms. The maximum absolute atomic E-state index is 12.9. The number of benzene rings is 2. The molecule has 0 aliphatic heterocycles. The van der Waals surface area contributed by atoms with Crippen molar-refractivity contribution in [2.24, 2.45) is 0 Å². The highest BCUT2D eigenvalue weighted by Crippen LogP contribution is 2.36. The molecule has 0 spiro atoms. The number of allylic oxidation sites excluding steroid dienone is 1. The van der Waals surface area contributed by atoms with Gasteiger partial charge in [-0.05, 0) is 55.7 Å². The number of aliphatic hydroxyl groups is 1. The first kappa shape index (κ1) is 19.5. The van der Waals surface area contributed by atoms with Crippen LogP contribution in [0.1, 0.15) is 38.8 Å². The van der Waals surface area contributed by atoms with Gasteiger partial charge in [0.05, 0.1) is 12.2 Å². The van der Waals surface area contributed by atoms with Crippen molar-refractivity contribution in [1.82, 2.24) is 0 Å². The van der Waals surface area contributed by atoms with Crippen molar-refractivity contribution in [3.8, 4) is 0 Å². The van der Waals surface area contributed by atoms with Gasteiger partial charge in [0.25, 0.3) is 0 Å². The number of halogens is 3. The van der Waals surface area contributed by atoms with Gasteiger partial charge in [0.1, 0.15) is 0 Å². The molecule has 1 N–H and O–H groups in total. The van der Waals surface area contributed by atoms with Crippen LogP contribution in [0.15, 0.2) is 43.0 Å². The van der Waals surface area contributed by atoms with Crippen LogP contribution in [0.4, 0.5) is 13.2 Å². The van der Waals surface area contributed by atoms with Crippen LogP contribution >= 0.6 is 0 Å². The van der Waals surface area contributed by atoms with E-state index in [-0.39, 0.29) is 0 Å². The lowest BCUT2D eigenvalue weighted by Crippen LogP contribution is -2.47. The van der Waals surface area contributed by atoms with Crippen molar-refractivity contribution in [1.29, 1.82) is 0 Å². The van der Waals surface area contributed by atoms with Gasteiger partial charge >= 0.3 is 6.18 Å². The van der Waals surface area contributed by atoms with Crippen molar-refractivity contribution in [3.63, 3.8) is 0 Å². The molecule has 0 fully saturated rings. The average molecular weight is 352 g/mol. The summed E-state index contributed by atoms with van der Waals surface area (Å²) in [6.45, 7) is 9.08. The smallest absolute Gasteiger partial charge is 0.379 e. The molecule has 0 aromatic heterocycles. The number of hydrogen-bond donors (Lipinski definition) is 1. The fourth-order valence-corrected chi connectivity index (χ4v) is 2.54. The maximum atomic E-state index is 12.9. The lowest BCUT2D eigenvalue weighted by molar-refractivity contribution is -0.276. The number of hydrogen-bond acceptors (Lipinski definition) is 2. The molecule has 0 saturated heterocycles. The molecule has 1 atom stereocenters. The van der Waals surface area contributed by atoms with E-state index in [2.05, 4.69) is 6.58 Å². The summed E-state index contributed by atoms with van der Waals surface area (Å²) in [5, 5.41) is 11.5. The second-order valence-electron chi connectivity index (χ2n) is 7.09. The molecule has 0 heterocycles. The normalized spacial score (nSPS) is 15.2. The van der Waals surface area contributed by atoms with E-state index in [1.54, 1.807) is 13.8 Å². The van der Waals surface area contributed by atoms with Crippen LogP contribution < -0.4 is 0 Å². The first-order chi connectivity index (χ1) is 11.3. The third-order valence-electron chi connectivity index (χ3n) is 4.35. The molecular weight excluding hydrogens is 329 g/mol. The van der Waals surface area contributed by atoms with Gasteiger partial charge in [0, 0.05) is 0 Å². The molecule has 25 heavy (non-hydrogen) atoms. The molecule has 5 heteroatoms. The number of ether oxygens (including phenoxy) is 1. The fourth-order valence-electron chi connectivity index (χ4n) is 2.54. The highest BCUT2D eigenvalue weighted by Gasteiger charge is 2.51. The molecule has 2 rings (SSSR count).